The SMILES string of the molecule is CC(C)c1ccc(/C=C(\C#N)C(=O)Nc2cc(Cl)ccc2N2CCOCC2)cc1[N+](=O)[O-]. The molecule has 2 aromatic rings. The molecule has 1 heterocycles. The van der Waals surface area contributed by atoms with Gasteiger partial charge in [-0.05, 0) is 35.8 Å². The third kappa shape index (κ3) is 5.44. The van der Waals surface area contributed by atoms with Crippen LogP contribution in [-0.4, -0.2) is 37.1 Å². The molecule has 0 atom stereocenters. The van der Waals surface area contributed by atoms with Crippen molar-refractivity contribution in [1.29, 1.82) is 5.26 Å². The number of nitro benzene ring substituents is 1. The fourth-order valence-corrected chi connectivity index (χ4v) is 3.66. The van der Waals surface area contributed by atoms with Gasteiger partial charge in [-0.25, -0.2) is 0 Å². The smallest absolute Gasteiger partial charge is 0.273 e. The maximum Gasteiger partial charge on any atom is 0.273 e. The molecule has 0 radical (unpaired) electrons. The normalized spacial score (nSPS) is 14.2. The molecule has 32 heavy (non-hydrogen) atoms. The molecule has 0 saturated carbocycles. The predicted octanol–water partition coefficient (Wildman–Crippen LogP) is 4.75. The number of halogens is 1. The van der Waals surface area contributed by atoms with E-state index in [2.05, 4.69) is 10.2 Å². The number of carbonyl (C=O) groups excluding carboxylic acids is 1. The average Bonchev–Trinajstić information content (AvgIpc) is 2.77. The summed E-state index contributed by atoms with van der Waals surface area (Å²) in [4.78, 5) is 25.9. The average molecular weight is 455 g/mol. The molecule has 0 spiro atoms. The van der Waals surface area contributed by atoms with Crippen LogP contribution in [0, 0.1) is 21.4 Å². The van der Waals surface area contributed by atoms with E-state index in [0.717, 1.165) is 5.69 Å². The number of carbonyl (C=O) groups is 1. The van der Waals surface area contributed by atoms with Crippen LogP contribution in [0.5, 0.6) is 0 Å². The Morgan fingerprint density at radius 2 is 2.00 bits per heavy atom. The van der Waals surface area contributed by atoms with E-state index in [-0.39, 0.29) is 17.2 Å². The third-order valence-corrected chi connectivity index (χ3v) is 5.34. The van der Waals surface area contributed by atoms with Crippen LogP contribution >= 0.6 is 11.6 Å². The van der Waals surface area contributed by atoms with Gasteiger partial charge in [-0.3, -0.25) is 14.9 Å². The van der Waals surface area contributed by atoms with Crippen molar-refractivity contribution in [3.05, 3.63) is 68.2 Å². The number of amides is 1. The second kappa shape index (κ2) is 10.3. The van der Waals surface area contributed by atoms with Crippen molar-refractivity contribution >= 4 is 40.6 Å². The van der Waals surface area contributed by atoms with E-state index in [1.807, 2.05) is 26.0 Å². The number of hydrogen-bond donors (Lipinski definition) is 1. The number of nitro groups is 1. The minimum Gasteiger partial charge on any atom is -0.378 e. The molecule has 1 fully saturated rings. The van der Waals surface area contributed by atoms with Gasteiger partial charge in [-0.1, -0.05) is 37.6 Å². The van der Waals surface area contributed by atoms with Crippen LogP contribution in [-0.2, 0) is 9.53 Å². The molecule has 0 aromatic heterocycles. The van der Waals surface area contributed by atoms with Gasteiger partial charge in [0, 0.05) is 29.7 Å². The first-order valence-corrected chi connectivity index (χ1v) is 10.5. The maximum atomic E-state index is 12.9. The van der Waals surface area contributed by atoms with E-state index >= 15 is 0 Å². The number of hydrogen-bond acceptors (Lipinski definition) is 6. The Morgan fingerprint density at radius 1 is 1.28 bits per heavy atom. The summed E-state index contributed by atoms with van der Waals surface area (Å²) >= 11 is 6.13. The van der Waals surface area contributed by atoms with Gasteiger partial charge in [0.1, 0.15) is 11.6 Å². The van der Waals surface area contributed by atoms with Crippen molar-refractivity contribution < 1.29 is 14.5 Å². The van der Waals surface area contributed by atoms with Crippen LogP contribution in [0.4, 0.5) is 17.1 Å². The van der Waals surface area contributed by atoms with Gasteiger partial charge in [0.15, 0.2) is 0 Å². The van der Waals surface area contributed by atoms with E-state index < -0.39 is 10.8 Å². The highest BCUT2D eigenvalue weighted by atomic mass is 35.5. The number of rotatable bonds is 6. The molecule has 1 aliphatic rings. The predicted molar refractivity (Wildman–Crippen MR) is 124 cm³/mol. The molecule has 1 aliphatic heterocycles. The summed E-state index contributed by atoms with van der Waals surface area (Å²) < 4.78 is 5.38. The quantitative estimate of drug-likeness (QED) is 0.292. The number of benzene rings is 2. The Kier molecular flexibility index (Phi) is 7.46. The van der Waals surface area contributed by atoms with E-state index in [1.165, 1.54) is 12.1 Å². The van der Waals surface area contributed by atoms with E-state index in [9.17, 15) is 20.2 Å². The molecular weight excluding hydrogens is 432 g/mol. The highest BCUT2D eigenvalue weighted by Gasteiger charge is 2.20. The van der Waals surface area contributed by atoms with E-state index in [0.29, 0.717) is 48.1 Å². The molecule has 1 amide bonds. The molecule has 9 heteroatoms. The molecule has 0 bridgehead atoms. The lowest BCUT2D eigenvalue weighted by Gasteiger charge is -2.30. The summed E-state index contributed by atoms with van der Waals surface area (Å²) in [6, 6.07) is 11.7. The van der Waals surface area contributed by atoms with Crippen molar-refractivity contribution in [3.63, 3.8) is 0 Å². The zero-order chi connectivity index (χ0) is 23.3. The summed E-state index contributed by atoms with van der Waals surface area (Å²) in [5.74, 6) is -0.659. The Balaban J connectivity index is 1.90. The molecular formula is C23H23ClN4O4. The summed E-state index contributed by atoms with van der Waals surface area (Å²) in [6.07, 6.45) is 1.34. The Morgan fingerprint density at radius 3 is 2.62 bits per heavy atom. The molecule has 0 unspecified atom stereocenters. The molecule has 0 aliphatic carbocycles. The van der Waals surface area contributed by atoms with Crippen molar-refractivity contribution in [1.82, 2.24) is 0 Å². The number of nitriles is 1. The highest BCUT2D eigenvalue weighted by Crippen LogP contribution is 2.31. The standard InChI is InChI=1S/C23H23ClN4O4/c1-15(2)19-5-3-16(12-22(19)28(30)31)11-17(14-25)23(29)26-20-13-18(24)4-6-21(20)27-7-9-32-10-8-27/h3-6,11-13,15H,7-10H2,1-2H3,(H,26,29)/b17-11+. The molecule has 3 rings (SSSR count). The van der Waals surface area contributed by atoms with Crippen molar-refractivity contribution in [2.24, 2.45) is 0 Å². The number of morpholine rings is 1. The second-order valence-corrected chi connectivity index (χ2v) is 8.05. The van der Waals surface area contributed by atoms with Gasteiger partial charge in [0.25, 0.3) is 11.6 Å². The van der Waals surface area contributed by atoms with Crippen molar-refractivity contribution in [2.45, 2.75) is 19.8 Å². The van der Waals surface area contributed by atoms with Gasteiger partial charge in [-0.2, -0.15) is 5.26 Å². The lowest BCUT2D eigenvalue weighted by atomic mass is 9.98. The van der Waals surface area contributed by atoms with Gasteiger partial charge >= 0.3 is 0 Å². The van der Waals surface area contributed by atoms with Crippen LogP contribution < -0.4 is 10.2 Å². The van der Waals surface area contributed by atoms with Crippen molar-refractivity contribution in [2.75, 3.05) is 36.5 Å². The summed E-state index contributed by atoms with van der Waals surface area (Å²) in [5.41, 5.74) is 2.02. The highest BCUT2D eigenvalue weighted by molar-refractivity contribution is 6.31. The summed E-state index contributed by atoms with van der Waals surface area (Å²) in [5, 5.41) is 24.2. The lowest BCUT2D eigenvalue weighted by Crippen LogP contribution is -2.36. The largest absolute Gasteiger partial charge is 0.378 e. The van der Waals surface area contributed by atoms with Crippen LogP contribution in [0.15, 0.2) is 42.0 Å². The van der Waals surface area contributed by atoms with E-state index in [4.69, 9.17) is 16.3 Å². The first kappa shape index (κ1) is 23.3. The molecule has 166 valence electrons. The molecule has 1 saturated heterocycles. The number of nitrogens with one attached hydrogen (secondary N) is 1. The Labute approximate surface area is 191 Å². The van der Waals surface area contributed by atoms with Gasteiger partial charge in [0.2, 0.25) is 0 Å². The Hall–Kier alpha value is -3.41. The van der Waals surface area contributed by atoms with Crippen LogP contribution in [0.3, 0.4) is 0 Å². The number of ether oxygens (including phenoxy) is 1. The van der Waals surface area contributed by atoms with Gasteiger partial charge < -0.3 is 15.0 Å². The fraction of sp³-hybridized carbons (Fsp3) is 0.304. The maximum absolute atomic E-state index is 12.9. The third-order valence-electron chi connectivity index (χ3n) is 5.11. The summed E-state index contributed by atoms with van der Waals surface area (Å²) in [7, 11) is 0. The minimum absolute atomic E-state index is 0.0337. The number of anilines is 2. The first-order valence-electron chi connectivity index (χ1n) is 10.1. The minimum atomic E-state index is -0.625. The summed E-state index contributed by atoms with van der Waals surface area (Å²) in [6.45, 7) is 6.20. The number of nitrogens with zero attached hydrogens (tertiary/aromatic N) is 3. The zero-order valence-electron chi connectivity index (χ0n) is 17.8. The topological polar surface area (TPSA) is 108 Å². The molecule has 2 aromatic carbocycles. The first-order chi connectivity index (χ1) is 15.3. The molecule has 8 nitrogen and oxygen atoms in total. The van der Waals surface area contributed by atoms with Crippen LogP contribution in [0.2, 0.25) is 5.02 Å². The van der Waals surface area contributed by atoms with Gasteiger partial charge in [-0.15, -0.1) is 0 Å². The second-order valence-electron chi connectivity index (χ2n) is 7.61. The monoisotopic (exact) mass is 454 g/mol. The lowest BCUT2D eigenvalue weighted by molar-refractivity contribution is -0.385. The van der Waals surface area contributed by atoms with Crippen LogP contribution in [0.25, 0.3) is 6.08 Å². The van der Waals surface area contributed by atoms with Crippen molar-refractivity contribution in [3.8, 4) is 6.07 Å². The fourth-order valence-electron chi connectivity index (χ4n) is 3.49. The molecule has 1 N–H and O–H groups in total. The van der Waals surface area contributed by atoms with Gasteiger partial charge in [0.05, 0.1) is 29.5 Å². The Bertz CT molecular complexity index is 1100. The van der Waals surface area contributed by atoms with Crippen LogP contribution in [0.1, 0.15) is 30.9 Å². The van der Waals surface area contributed by atoms with E-state index in [1.54, 1.807) is 24.3 Å². The zero-order valence-corrected chi connectivity index (χ0v) is 18.6.